The van der Waals surface area contributed by atoms with Gasteiger partial charge in [0.2, 0.25) is 0 Å². The molecule has 168 valence electrons. The van der Waals surface area contributed by atoms with Crippen LogP contribution in [0.3, 0.4) is 0 Å². The van der Waals surface area contributed by atoms with Crippen molar-refractivity contribution in [2.24, 2.45) is 5.92 Å². The van der Waals surface area contributed by atoms with Gasteiger partial charge in [-0.3, -0.25) is 4.79 Å². The van der Waals surface area contributed by atoms with Crippen LogP contribution in [0.2, 0.25) is 0 Å². The van der Waals surface area contributed by atoms with E-state index in [4.69, 9.17) is 4.42 Å². The van der Waals surface area contributed by atoms with E-state index >= 15 is 0 Å². The zero-order chi connectivity index (χ0) is 22.2. The maximum absolute atomic E-state index is 12.6. The molecule has 2 aromatic rings. The van der Waals surface area contributed by atoms with Gasteiger partial charge < -0.3 is 9.73 Å². The zero-order valence-electron chi connectivity index (χ0n) is 20.1. The monoisotopic (exact) mass is 421 g/mol. The summed E-state index contributed by atoms with van der Waals surface area (Å²) in [6.07, 6.45) is 9.54. The van der Waals surface area contributed by atoms with E-state index in [1.807, 2.05) is 12.1 Å². The molecule has 1 N–H and O–H groups in total. The van der Waals surface area contributed by atoms with Crippen LogP contribution in [-0.4, -0.2) is 12.5 Å². The number of furan rings is 1. The predicted molar refractivity (Wildman–Crippen MR) is 127 cm³/mol. The number of nitrogens with one attached hydrogen (secondary N) is 1. The molecular formula is C28H39NO2. The third kappa shape index (κ3) is 4.76. The summed E-state index contributed by atoms with van der Waals surface area (Å²) >= 11 is 0. The number of fused-ring (bicyclic) bond motifs is 1. The first-order chi connectivity index (χ1) is 14.7. The molecule has 1 aromatic heterocycles. The fourth-order valence-corrected chi connectivity index (χ4v) is 5.46. The topological polar surface area (TPSA) is 42.2 Å². The molecule has 3 heteroatoms. The number of hydrogen-bond acceptors (Lipinski definition) is 2. The summed E-state index contributed by atoms with van der Waals surface area (Å²) in [5, 5.41) is 3.09. The molecular weight excluding hydrogens is 382 g/mol. The SMILES string of the molecule is Cc1cc2c(cc1Cc1ccc(C(=O)NCC3CCCCC3)o1)C(C)(C)CCC2(C)C. The summed E-state index contributed by atoms with van der Waals surface area (Å²) in [6, 6.07) is 8.58. The van der Waals surface area contributed by atoms with Gasteiger partial charge in [0.05, 0.1) is 0 Å². The summed E-state index contributed by atoms with van der Waals surface area (Å²) in [6.45, 7) is 12.4. The number of rotatable bonds is 5. The van der Waals surface area contributed by atoms with Crippen LogP contribution in [0.1, 0.15) is 111 Å². The second-order valence-electron chi connectivity index (χ2n) is 11.2. The molecule has 0 aliphatic heterocycles. The van der Waals surface area contributed by atoms with Crippen LogP contribution in [0, 0.1) is 12.8 Å². The van der Waals surface area contributed by atoms with Crippen LogP contribution in [0.5, 0.6) is 0 Å². The molecule has 0 saturated heterocycles. The Bertz CT molecular complexity index is 944. The normalized spacial score (nSPS) is 20.3. The Morgan fingerprint density at radius 1 is 1.00 bits per heavy atom. The molecule has 1 aromatic carbocycles. The van der Waals surface area contributed by atoms with E-state index < -0.39 is 0 Å². The Kier molecular flexibility index (Phi) is 6.07. The van der Waals surface area contributed by atoms with Crippen molar-refractivity contribution in [3.05, 3.63) is 58.0 Å². The smallest absolute Gasteiger partial charge is 0.287 e. The Morgan fingerprint density at radius 2 is 1.65 bits per heavy atom. The number of benzene rings is 1. The molecule has 0 bridgehead atoms. The molecule has 0 atom stereocenters. The van der Waals surface area contributed by atoms with E-state index in [0.29, 0.717) is 11.7 Å². The number of aryl methyl sites for hydroxylation is 1. The molecule has 1 fully saturated rings. The lowest BCUT2D eigenvalue weighted by Gasteiger charge is -2.42. The zero-order valence-corrected chi connectivity index (χ0v) is 20.1. The molecule has 0 spiro atoms. The highest BCUT2D eigenvalue weighted by Crippen LogP contribution is 2.46. The lowest BCUT2D eigenvalue weighted by atomic mass is 9.62. The number of carbonyl (C=O) groups is 1. The molecule has 0 unspecified atom stereocenters. The Hall–Kier alpha value is -2.03. The van der Waals surface area contributed by atoms with Crippen molar-refractivity contribution in [1.82, 2.24) is 5.32 Å². The molecule has 1 amide bonds. The lowest BCUT2D eigenvalue weighted by molar-refractivity contribution is 0.0914. The van der Waals surface area contributed by atoms with Crippen molar-refractivity contribution in [2.45, 2.75) is 96.8 Å². The summed E-state index contributed by atoms with van der Waals surface area (Å²) in [5.41, 5.74) is 5.99. The minimum Gasteiger partial charge on any atom is -0.456 e. The lowest BCUT2D eigenvalue weighted by Crippen LogP contribution is -2.34. The van der Waals surface area contributed by atoms with Gasteiger partial charge in [0.25, 0.3) is 5.91 Å². The molecule has 2 aliphatic carbocycles. The third-order valence-electron chi connectivity index (χ3n) is 7.84. The van der Waals surface area contributed by atoms with E-state index in [2.05, 4.69) is 52.1 Å². The van der Waals surface area contributed by atoms with E-state index in [0.717, 1.165) is 18.7 Å². The first kappa shape index (κ1) is 22.2. The van der Waals surface area contributed by atoms with Gasteiger partial charge in [-0.25, -0.2) is 0 Å². The molecule has 4 rings (SSSR count). The van der Waals surface area contributed by atoms with Crippen molar-refractivity contribution in [1.29, 1.82) is 0 Å². The van der Waals surface area contributed by atoms with Gasteiger partial charge in [-0.05, 0) is 83.7 Å². The van der Waals surface area contributed by atoms with E-state index in [9.17, 15) is 4.79 Å². The van der Waals surface area contributed by atoms with Gasteiger partial charge in [-0.15, -0.1) is 0 Å². The predicted octanol–water partition coefficient (Wildman–Crippen LogP) is 6.84. The van der Waals surface area contributed by atoms with Gasteiger partial charge in [0.1, 0.15) is 5.76 Å². The van der Waals surface area contributed by atoms with Gasteiger partial charge in [-0.1, -0.05) is 59.1 Å². The van der Waals surface area contributed by atoms with Crippen LogP contribution in [0.15, 0.2) is 28.7 Å². The van der Waals surface area contributed by atoms with Crippen molar-refractivity contribution in [3.63, 3.8) is 0 Å². The Morgan fingerprint density at radius 3 is 2.32 bits per heavy atom. The quantitative estimate of drug-likeness (QED) is 0.574. The van der Waals surface area contributed by atoms with Crippen molar-refractivity contribution >= 4 is 5.91 Å². The van der Waals surface area contributed by atoms with Crippen molar-refractivity contribution in [3.8, 4) is 0 Å². The fourth-order valence-electron chi connectivity index (χ4n) is 5.46. The largest absolute Gasteiger partial charge is 0.456 e. The summed E-state index contributed by atoms with van der Waals surface area (Å²) < 4.78 is 5.97. The number of amides is 1. The van der Waals surface area contributed by atoms with Gasteiger partial charge in [0.15, 0.2) is 5.76 Å². The highest BCUT2D eigenvalue weighted by atomic mass is 16.3. The second kappa shape index (κ2) is 8.48. The second-order valence-corrected chi connectivity index (χ2v) is 11.2. The Labute approximate surface area is 188 Å². The molecule has 1 saturated carbocycles. The van der Waals surface area contributed by atoms with E-state index in [-0.39, 0.29) is 16.7 Å². The minimum atomic E-state index is -0.0816. The first-order valence-corrected chi connectivity index (χ1v) is 12.2. The standard InChI is InChI=1S/C28H39NO2/c1-19-15-23-24(28(4,5)14-13-27(23,2)3)17-21(19)16-22-11-12-25(31-22)26(30)29-18-20-9-7-6-8-10-20/h11-12,15,17,20H,6-10,13-14,16,18H2,1-5H3,(H,29,30). The van der Waals surface area contributed by atoms with Crippen LogP contribution in [-0.2, 0) is 17.3 Å². The average Bonchev–Trinajstić information content (AvgIpc) is 3.20. The summed E-state index contributed by atoms with van der Waals surface area (Å²) in [5.74, 6) is 1.83. The molecule has 31 heavy (non-hydrogen) atoms. The Balaban J connectivity index is 1.48. The average molecular weight is 422 g/mol. The van der Waals surface area contributed by atoms with Crippen LogP contribution < -0.4 is 5.32 Å². The van der Waals surface area contributed by atoms with Crippen LogP contribution in [0.25, 0.3) is 0 Å². The molecule has 1 heterocycles. The van der Waals surface area contributed by atoms with Crippen LogP contribution >= 0.6 is 0 Å². The van der Waals surface area contributed by atoms with Gasteiger partial charge in [-0.2, -0.15) is 0 Å². The maximum atomic E-state index is 12.6. The van der Waals surface area contributed by atoms with Gasteiger partial charge in [0, 0.05) is 13.0 Å². The fraction of sp³-hybridized carbons (Fsp3) is 0.607. The number of carbonyl (C=O) groups excluding carboxylic acids is 1. The van der Waals surface area contributed by atoms with Crippen molar-refractivity contribution in [2.75, 3.05) is 6.54 Å². The summed E-state index contributed by atoms with van der Waals surface area (Å²) in [4.78, 5) is 12.6. The molecule has 3 nitrogen and oxygen atoms in total. The third-order valence-corrected chi connectivity index (χ3v) is 7.84. The van der Waals surface area contributed by atoms with Crippen molar-refractivity contribution < 1.29 is 9.21 Å². The maximum Gasteiger partial charge on any atom is 0.287 e. The summed E-state index contributed by atoms with van der Waals surface area (Å²) in [7, 11) is 0. The highest BCUT2D eigenvalue weighted by molar-refractivity contribution is 5.91. The van der Waals surface area contributed by atoms with Gasteiger partial charge >= 0.3 is 0 Å². The number of hydrogen-bond donors (Lipinski definition) is 1. The van der Waals surface area contributed by atoms with E-state index in [1.54, 1.807) is 0 Å². The van der Waals surface area contributed by atoms with E-state index in [1.165, 1.54) is 67.2 Å². The first-order valence-electron chi connectivity index (χ1n) is 12.2. The highest BCUT2D eigenvalue weighted by Gasteiger charge is 2.37. The molecule has 0 radical (unpaired) electrons. The molecule has 2 aliphatic rings. The minimum absolute atomic E-state index is 0.0816. The van der Waals surface area contributed by atoms with Crippen LogP contribution in [0.4, 0.5) is 0 Å².